The fraction of sp³-hybridized carbons (Fsp3) is 0.231. The number of ether oxygens (including phenoxy) is 2. The number of methoxy groups -OCH3 is 1. The van der Waals surface area contributed by atoms with Gasteiger partial charge in [0.1, 0.15) is 18.1 Å². The highest BCUT2D eigenvalue weighted by Gasteiger charge is 2.05. The number of rotatable bonds is 5. The number of hydrogen-bond acceptors (Lipinski definition) is 3. The second-order valence-corrected chi connectivity index (χ2v) is 4.77. The van der Waals surface area contributed by atoms with Crippen molar-refractivity contribution in [2.75, 3.05) is 7.11 Å². The van der Waals surface area contributed by atoms with Gasteiger partial charge in [-0.2, -0.15) is 0 Å². The number of halogens is 1. The van der Waals surface area contributed by atoms with Gasteiger partial charge in [-0.15, -0.1) is 22.9 Å². The maximum atomic E-state index is 5.87. The Morgan fingerprint density at radius 3 is 2.82 bits per heavy atom. The van der Waals surface area contributed by atoms with E-state index >= 15 is 0 Å². The summed E-state index contributed by atoms with van der Waals surface area (Å²) in [6, 6.07) is 9.74. The first-order chi connectivity index (χ1) is 8.33. The molecule has 0 saturated carbocycles. The highest BCUT2D eigenvalue weighted by Crippen LogP contribution is 2.27. The molecule has 2 rings (SSSR count). The SMILES string of the molecule is COc1ccc(CCl)c(OCc2cccs2)c1. The zero-order valence-corrected chi connectivity index (χ0v) is 11.1. The monoisotopic (exact) mass is 268 g/mol. The van der Waals surface area contributed by atoms with E-state index in [1.54, 1.807) is 18.4 Å². The smallest absolute Gasteiger partial charge is 0.127 e. The van der Waals surface area contributed by atoms with Crippen molar-refractivity contribution in [3.63, 3.8) is 0 Å². The minimum atomic E-state index is 0.434. The summed E-state index contributed by atoms with van der Waals surface area (Å²) < 4.78 is 10.9. The van der Waals surface area contributed by atoms with Crippen molar-refractivity contribution >= 4 is 22.9 Å². The predicted octanol–water partition coefficient (Wildman–Crippen LogP) is 4.07. The molecule has 0 aliphatic heterocycles. The summed E-state index contributed by atoms with van der Waals surface area (Å²) in [5, 5.41) is 2.03. The highest BCUT2D eigenvalue weighted by atomic mass is 35.5. The molecule has 0 radical (unpaired) electrons. The average Bonchev–Trinajstić information content (AvgIpc) is 2.89. The van der Waals surface area contributed by atoms with Crippen molar-refractivity contribution in [3.05, 3.63) is 46.2 Å². The number of benzene rings is 1. The predicted molar refractivity (Wildman–Crippen MR) is 71.2 cm³/mol. The van der Waals surface area contributed by atoms with Crippen LogP contribution in [0.25, 0.3) is 0 Å². The van der Waals surface area contributed by atoms with Gasteiger partial charge in [-0.3, -0.25) is 0 Å². The van der Waals surface area contributed by atoms with Crippen LogP contribution in [-0.4, -0.2) is 7.11 Å². The van der Waals surface area contributed by atoms with Gasteiger partial charge in [0.25, 0.3) is 0 Å². The van der Waals surface area contributed by atoms with Gasteiger partial charge in [0.2, 0.25) is 0 Å². The molecule has 0 bridgehead atoms. The maximum absolute atomic E-state index is 5.87. The van der Waals surface area contributed by atoms with Crippen LogP contribution < -0.4 is 9.47 Å². The fourth-order valence-electron chi connectivity index (χ4n) is 1.45. The lowest BCUT2D eigenvalue weighted by molar-refractivity contribution is 0.304. The zero-order chi connectivity index (χ0) is 12.1. The Morgan fingerprint density at radius 2 is 2.18 bits per heavy atom. The first kappa shape index (κ1) is 12.3. The summed E-state index contributed by atoms with van der Waals surface area (Å²) in [5.74, 6) is 2.00. The van der Waals surface area contributed by atoms with Crippen molar-refractivity contribution in [1.29, 1.82) is 0 Å². The van der Waals surface area contributed by atoms with Crippen LogP contribution >= 0.6 is 22.9 Å². The molecule has 0 aliphatic carbocycles. The van der Waals surface area contributed by atoms with Crippen molar-refractivity contribution in [2.45, 2.75) is 12.5 Å². The van der Waals surface area contributed by atoms with Crippen molar-refractivity contribution < 1.29 is 9.47 Å². The summed E-state index contributed by atoms with van der Waals surface area (Å²) in [5.41, 5.74) is 0.976. The Hall–Kier alpha value is -1.19. The third-order valence-corrected chi connectivity index (χ3v) is 3.51. The van der Waals surface area contributed by atoms with Gasteiger partial charge >= 0.3 is 0 Å². The van der Waals surface area contributed by atoms with Crippen LogP contribution in [0, 0.1) is 0 Å². The van der Waals surface area contributed by atoms with E-state index in [-0.39, 0.29) is 0 Å². The molecule has 90 valence electrons. The van der Waals surface area contributed by atoms with E-state index in [0.29, 0.717) is 12.5 Å². The Balaban J connectivity index is 2.12. The van der Waals surface area contributed by atoms with Crippen LogP contribution in [0.5, 0.6) is 11.5 Å². The molecule has 2 nitrogen and oxygen atoms in total. The lowest BCUT2D eigenvalue weighted by atomic mass is 10.2. The molecule has 1 aromatic heterocycles. The first-order valence-electron chi connectivity index (χ1n) is 5.21. The largest absolute Gasteiger partial charge is 0.497 e. The summed E-state index contributed by atoms with van der Waals surface area (Å²) in [4.78, 5) is 1.19. The van der Waals surface area contributed by atoms with Gasteiger partial charge in [0.15, 0.2) is 0 Å². The van der Waals surface area contributed by atoms with Gasteiger partial charge in [0, 0.05) is 16.5 Å². The van der Waals surface area contributed by atoms with Crippen LogP contribution in [0.1, 0.15) is 10.4 Å². The first-order valence-corrected chi connectivity index (χ1v) is 6.63. The van der Waals surface area contributed by atoms with Gasteiger partial charge in [-0.1, -0.05) is 12.1 Å². The van der Waals surface area contributed by atoms with Crippen LogP contribution in [0.15, 0.2) is 35.7 Å². The number of thiophene rings is 1. The zero-order valence-electron chi connectivity index (χ0n) is 9.48. The average molecular weight is 269 g/mol. The van der Waals surface area contributed by atoms with E-state index < -0.39 is 0 Å². The van der Waals surface area contributed by atoms with Gasteiger partial charge in [-0.25, -0.2) is 0 Å². The summed E-state index contributed by atoms with van der Waals surface area (Å²) in [7, 11) is 1.64. The summed E-state index contributed by atoms with van der Waals surface area (Å²) in [6.45, 7) is 0.564. The van der Waals surface area contributed by atoms with Gasteiger partial charge in [0.05, 0.1) is 13.0 Å². The van der Waals surface area contributed by atoms with Crippen LogP contribution in [0.3, 0.4) is 0 Å². The molecular weight excluding hydrogens is 256 g/mol. The Kier molecular flexibility index (Phi) is 4.29. The molecule has 1 aromatic carbocycles. The lowest BCUT2D eigenvalue weighted by Gasteiger charge is -2.10. The molecule has 4 heteroatoms. The Labute approximate surface area is 110 Å². The minimum absolute atomic E-state index is 0.434. The minimum Gasteiger partial charge on any atom is -0.497 e. The Morgan fingerprint density at radius 1 is 1.29 bits per heavy atom. The van der Waals surface area contributed by atoms with Crippen molar-refractivity contribution in [3.8, 4) is 11.5 Å². The van der Waals surface area contributed by atoms with E-state index in [9.17, 15) is 0 Å². The summed E-state index contributed by atoms with van der Waals surface area (Å²) in [6.07, 6.45) is 0. The van der Waals surface area contributed by atoms with Crippen LogP contribution in [0.2, 0.25) is 0 Å². The van der Waals surface area contributed by atoms with Crippen LogP contribution in [-0.2, 0) is 12.5 Å². The van der Waals surface area contributed by atoms with E-state index in [4.69, 9.17) is 21.1 Å². The molecular formula is C13H13ClO2S. The lowest BCUT2D eigenvalue weighted by Crippen LogP contribution is -1.97. The van der Waals surface area contributed by atoms with E-state index in [0.717, 1.165) is 17.1 Å². The standard InChI is InChI=1S/C13H13ClO2S/c1-15-11-5-4-10(8-14)13(7-11)16-9-12-3-2-6-17-12/h2-7H,8-9H2,1H3. The van der Waals surface area contributed by atoms with Crippen molar-refractivity contribution in [2.24, 2.45) is 0 Å². The molecule has 0 aliphatic rings. The van der Waals surface area contributed by atoms with Gasteiger partial charge < -0.3 is 9.47 Å². The molecule has 1 heterocycles. The fourth-order valence-corrected chi connectivity index (χ4v) is 2.29. The topological polar surface area (TPSA) is 18.5 Å². The second kappa shape index (κ2) is 5.94. The molecule has 0 fully saturated rings. The molecule has 0 saturated heterocycles. The Bertz CT molecular complexity index is 468. The van der Waals surface area contributed by atoms with E-state index in [1.165, 1.54) is 4.88 Å². The molecule has 0 spiro atoms. The molecule has 0 unspecified atom stereocenters. The van der Waals surface area contributed by atoms with E-state index in [1.807, 2.05) is 35.7 Å². The van der Waals surface area contributed by atoms with Crippen LogP contribution in [0.4, 0.5) is 0 Å². The second-order valence-electron chi connectivity index (χ2n) is 3.48. The third-order valence-electron chi connectivity index (χ3n) is 2.37. The van der Waals surface area contributed by atoms with Crippen molar-refractivity contribution in [1.82, 2.24) is 0 Å². The third kappa shape index (κ3) is 3.14. The number of hydrogen-bond donors (Lipinski definition) is 0. The molecule has 0 amide bonds. The molecule has 0 atom stereocenters. The number of alkyl halides is 1. The maximum Gasteiger partial charge on any atom is 0.127 e. The highest BCUT2D eigenvalue weighted by molar-refractivity contribution is 7.09. The molecule has 2 aromatic rings. The normalized spacial score (nSPS) is 10.2. The van der Waals surface area contributed by atoms with E-state index in [2.05, 4.69) is 0 Å². The molecule has 0 N–H and O–H groups in total. The quantitative estimate of drug-likeness (QED) is 0.761. The molecule has 17 heavy (non-hydrogen) atoms. The summed E-state index contributed by atoms with van der Waals surface area (Å²) >= 11 is 7.55. The van der Waals surface area contributed by atoms with Gasteiger partial charge in [-0.05, 0) is 17.5 Å².